The van der Waals surface area contributed by atoms with Gasteiger partial charge in [-0.2, -0.15) is 0 Å². The van der Waals surface area contributed by atoms with E-state index in [-0.39, 0.29) is 36.3 Å². The van der Waals surface area contributed by atoms with Crippen molar-refractivity contribution in [2.24, 2.45) is 0 Å². The molecule has 0 spiro atoms. The van der Waals surface area contributed by atoms with E-state index in [1.165, 1.54) is 0 Å². The minimum absolute atomic E-state index is 0.0299. The SMILES string of the molecule is C[C@@H]1CC(C)(C)NCCN(CC(=O)O)[C@H](C)CC(C)(C)NCCN1CC(=O)O. The topological polar surface area (TPSA) is 105 Å². The first-order valence-corrected chi connectivity index (χ1v) is 10.2. The van der Waals surface area contributed by atoms with Crippen molar-refractivity contribution in [1.29, 1.82) is 0 Å². The van der Waals surface area contributed by atoms with Crippen LogP contribution >= 0.6 is 0 Å². The van der Waals surface area contributed by atoms with Crippen molar-refractivity contribution in [2.45, 2.75) is 77.5 Å². The van der Waals surface area contributed by atoms with Gasteiger partial charge in [0, 0.05) is 49.3 Å². The van der Waals surface area contributed by atoms with E-state index in [1.807, 2.05) is 9.80 Å². The molecule has 0 saturated carbocycles. The first kappa shape index (κ1) is 24.8. The molecule has 1 aliphatic rings. The molecule has 2 atom stereocenters. The Morgan fingerprint density at radius 1 is 0.821 bits per heavy atom. The second kappa shape index (κ2) is 10.5. The molecule has 28 heavy (non-hydrogen) atoms. The predicted molar refractivity (Wildman–Crippen MR) is 111 cm³/mol. The molecule has 4 N–H and O–H groups in total. The Labute approximate surface area is 169 Å². The summed E-state index contributed by atoms with van der Waals surface area (Å²) < 4.78 is 0. The van der Waals surface area contributed by atoms with Crippen LogP contribution < -0.4 is 10.6 Å². The van der Waals surface area contributed by atoms with E-state index in [2.05, 4.69) is 52.2 Å². The summed E-state index contributed by atoms with van der Waals surface area (Å²) in [7, 11) is 0. The number of hydrogen-bond acceptors (Lipinski definition) is 6. The molecule has 0 unspecified atom stereocenters. The standard InChI is InChI=1S/C20H40N4O4/c1-15-11-19(3,4)21-8-10-24(14-18(27)28)16(2)12-20(5,6)22-7-9-23(15)13-17(25)26/h15-16,21-22H,7-14H2,1-6H3,(H,25,26)(H,27,28)/t15-,16-/m1/s1. The number of carboxylic acid groups (broad SMARTS) is 2. The summed E-state index contributed by atoms with van der Waals surface area (Å²) in [5, 5.41) is 25.7. The zero-order chi connectivity index (χ0) is 21.5. The average Bonchev–Trinajstić information content (AvgIpc) is 2.50. The third-order valence-corrected chi connectivity index (χ3v) is 5.54. The highest BCUT2D eigenvalue weighted by atomic mass is 16.4. The Morgan fingerprint density at radius 2 is 1.14 bits per heavy atom. The normalized spacial score (nSPS) is 28.4. The molecule has 0 aromatic carbocycles. The van der Waals surface area contributed by atoms with Crippen LogP contribution in [-0.4, -0.2) is 94.4 Å². The largest absolute Gasteiger partial charge is 0.480 e. The number of aliphatic carboxylic acids is 2. The van der Waals surface area contributed by atoms with Crippen LogP contribution in [0.4, 0.5) is 0 Å². The highest BCUT2D eigenvalue weighted by molar-refractivity contribution is 5.69. The van der Waals surface area contributed by atoms with Gasteiger partial charge in [-0.3, -0.25) is 19.4 Å². The van der Waals surface area contributed by atoms with E-state index in [9.17, 15) is 19.8 Å². The molecule has 0 radical (unpaired) electrons. The molecule has 8 nitrogen and oxygen atoms in total. The average molecular weight is 401 g/mol. The summed E-state index contributed by atoms with van der Waals surface area (Å²) >= 11 is 0. The number of nitrogens with zero attached hydrogens (tertiary/aromatic N) is 2. The number of hydrogen-bond donors (Lipinski definition) is 4. The highest BCUT2D eigenvalue weighted by Gasteiger charge is 2.29. The lowest BCUT2D eigenvalue weighted by molar-refractivity contribution is -0.140. The van der Waals surface area contributed by atoms with Crippen LogP contribution in [0.3, 0.4) is 0 Å². The zero-order valence-electron chi connectivity index (χ0n) is 18.4. The third-order valence-electron chi connectivity index (χ3n) is 5.54. The van der Waals surface area contributed by atoms with Gasteiger partial charge in [0.15, 0.2) is 0 Å². The molecular weight excluding hydrogens is 360 g/mol. The number of rotatable bonds is 4. The molecule has 1 aliphatic heterocycles. The summed E-state index contributed by atoms with van der Waals surface area (Å²) in [5.41, 5.74) is -0.351. The van der Waals surface area contributed by atoms with Gasteiger partial charge in [-0.15, -0.1) is 0 Å². The van der Waals surface area contributed by atoms with Crippen LogP contribution in [-0.2, 0) is 9.59 Å². The van der Waals surface area contributed by atoms with Crippen LogP contribution in [0.25, 0.3) is 0 Å². The maximum Gasteiger partial charge on any atom is 0.317 e. The molecule has 164 valence electrons. The van der Waals surface area contributed by atoms with Crippen LogP contribution in [0.2, 0.25) is 0 Å². The fraction of sp³-hybridized carbons (Fsp3) is 0.900. The molecular formula is C20H40N4O4. The lowest BCUT2D eigenvalue weighted by Gasteiger charge is -2.39. The predicted octanol–water partition coefficient (Wildman–Crippen LogP) is 1.07. The zero-order valence-corrected chi connectivity index (χ0v) is 18.4. The fourth-order valence-corrected chi connectivity index (χ4v) is 4.21. The Morgan fingerprint density at radius 3 is 1.43 bits per heavy atom. The van der Waals surface area contributed by atoms with Crippen molar-refractivity contribution in [3.8, 4) is 0 Å². The first-order chi connectivity index (χ1) is 12.8. The van der Waals surface area contributed by atoms with E-state index in [4.69, 9.17) is 0 Å². The van der Waals surface area contributed by atoms with Crippen molar-refractivity contribution in [3.05, 3.63) is 0 Å². The van der Waals surface area contributed by atoms with E-state index in [0.717, 1.165) is 12.8 Å². The molecule has 1 fully saturated rings. The molecule has 1 rings (SSSR count). The van der Waals surface area contributed by atoms with Crippen LogP contribution in [0.15, 0.2) is 0 Å². The quantitative estimate of drug-likeness (QED) is 0.555. The van der Waals surface area contributed by atoms with Gasteiger partial charge in [-0.25, -0.2) is 0 Å². The summed E-state index contributed by atoms with van der Waals surface area (Å²) in [6.45, 7) is 15.3. The van der Waals surface area contributed by atoms with Crippen molar-refractivity contribution in [3.63, 3.8) is 0 Å². The molecule has 0 amide bonds. The van der Waals surface area contributed by atoms with E-state index in [1.54, 1.807) is 0 Å². The molecule has 0 aromatic heterocycles. The third kappa shape index (κ3) is 9.32. The summed E-state index contributed by atoms with van der Waals surface area (Å²) in [6.07, 6.45) is 1.61. The maximum atomic E-state index is 11.3. The summed E-state index contributed by atoms with van der Waals surface area (Å²) in [6, 6.07) is 0.223. The van der Waals surface area contributed by atoms with Gasteiger partial charge < -0.3 is 20.8 Å². The second-order valence-corrected chi connectivity index (χ2v) is 9.46. The van der Waals surface area contributed by atoms with Gasteiger partial charge in [0.05, 0.1) is 13.1 Å². The second-order valence-electron chi connectivity index (χ2n) is 9.46. The molecule has 0 bridgehead atoms. The van der Waals surface area contributed by atoms with E-state index < -0.39 is 11.9 Å². The van der Waals surface area contributed by atoms with Crippen molar-refractivity contribution in [2.75, 3.05) is 39.3 Å². The van der Waals surface area contributed by atoms with Crippen LogP contribution in [0.1, 0.15) is 54.4 Å². The Balaban J connectivity index is 2.97. The minimum Gasteiger partial charge on any atom is -0.480 e. The molecule has 1 saturated heterocycles. The van der Waals surface area contributed by atoms with Crippen molar-refractivity contribution < 1.29 is 19.8 Å². The van der Waals surface area contributed by atoms with Gasteiger partial charge in [0.1, 0.15) is 0 Å². The first-order valence-electron chi connectivity index (χ1n) is 10.2. The van der Waals surface area contributed by atoms with Crippen molar-refractivity contribution >= 4 is 11.9 Å². The maximum absolute atomic E-state index is 11.3. The van der Waals surface area contributed by atoms with E-state index in [0.29, 0.717) is 26.2 Å². The van der Waals surface area contributed by atoms with E-state index >= 15 is 0 Å². The van der Waals surface area contributed by atoms with Gasteiger partial charge >= 0.3 is 11.9 Å². The fourth-order valence-electron chi connectivity index (χ4n) is 4.21. The smallest absolute Gasteiger partial charge is 0.317 e. The van der Waals surface area contributed by atoms with Crippen LogP contribution in [0.5, 0.6) is 0 Å². The van der Waals surface area contributed by atoms with Crippen LogP contribution in [0, 0.1) is 0 Å². The summed E-state index contributed by atoms with van der Waals surface area (Å²) in [4.78, 5) is 26.7. The molecule has 0 aliphatic carbocycles. The lowest BCUT2D eigenvalue weighted by Crippen LogP contribution is -2.54. The lowest BCUT2D eigenvalue weighted by atomic mass is 9.93. The number of carboxylic acids is 2. The monoisotopic (exact) mass is 400 g/mol. The number of nitrogens with one attached hydrogen (secondary N) is 2. The van der Waals surface area contributed by atoms with Gasteiger partial charge in [-0.1, -0.05) is 0 Å². The molecule has 0 aromatic rings. The molecule has 8 heteroatoms. The summed E-state index contributed by atoms with van der Waals surface area (Å²) in [5.74, 6) is -1.62. The highest BCUT2D eigenvalue weighted by Crippen LogP contribution is 2.19. The Kier molecular flexibility index (Phi) is 9.33. The number of carbonyl (C=O) groups is 2. The van der Waals surface area contributed by atoms with Crippen molar-refractivity contribution in [1.82, 2.24) is 20.4 Å². The van der Waals surface area contributed by atoms with Gasteiger partial charge in [0.2, 0.25) is 0 Å². The molecule has 1 heterocycles. The Bertz CT molecular complexity index is 478. The Hall–Kier alpha value is -1.22. The van der Waals surface area contributed by atoms with Gasteiger partial charge in [0.25, 0.3) is 0 Å². The van der Waals surface area contributed by atoms with Gasteiger partial charge in [-0.05, 0) is 54.4 Å². The minimum atomic E-state index is -0.809.